The van der Waals surface area contributed by atoms with Crippen LogP contribution in [-0.2, 0) is 4.74 Å². The van der Waals surface area contributed by atoms with E-state index in [1.165, 1.54) is 38.5 Å². The number of carbonyl (C=O) groups excluding carboxylic acids is 2. The third kappa shape index (κ3) is 3.57. The zero-order valence-electron chi connectivity index (χ0n) is 15.4. The Kier molecular flexibility index (Phi) is 4.63. The van der Waals surface area contributed by atoms with Crippen LogP contribution in [0.2, 0.25) is 0 Å². The van der Waals surface area contributed by atoms with Gasteiger partial charge in [0.1, 0.15) is 0 Å². The molecule has 2 N–H and O–H groups in total. The van der Waals surface area contributed by atoms with Gasteiger partial charge in [-0.3, -0.25) is 0 Å². The van der Waals surface area contributed by atoms with Gasteiger partial charge in [0.2, 0.25) is 0 Å². The van der Waals surface area contributed by atoms with Crippen molar-refractivity contribution in [1.29, 1.82) is 0 Å². The van der Waals surface area contributed by atoms with E-state index in [0.717, 1.165) is 24.3 Å². The van der Waals surface area contributed by atoms with Crippen molar-refractivity contribution in [3.8, 4) is 0 Å². The van der Waals surface area contributed by atoms with E-state index >= 15 is 0 Å². The van der Waals surface area contributed by atoms with Crippen LogP contribution in [0.4, 0.5) is 10.5 Å². The molecule has 0 unspecified atom stereocenters. The normalized spacial score (nSPS) is 31.5. The minimum Gasteiger partial charge on any atom is -0.462 e. The van der Waals surface area contributed by atoms with Gasteiger partial charge in [-0.1, -0.05) is 0 Å². The van der Waals surface area contributed by atoms with Crippen molar-refractivity contribution in [2.24, 2.45) is 23.2 Å². The molecular weight excluding hydrogens is 328 g/mol. The molecule has 5 rings (SSSR count). The van der Waals surface area contributed by atoms with Crippen molar-refractivity contribution >= 4 is 17.7 Å². The maximum atomic E-state index is 12.3. The zero-order valence-corrected chi connectivity index (χ0v) is 15.4. The molecule has 0 aliphatic heterocycles. The topological polar surface area (TPSA) is 67.4 Å². The lowest BCUT2D eigenvalue weighted by Crippen LogP contribution is -2.51. The molecule has 0 spiro atoms. The molecule has 5 nitrogen and oxygen atoms in total. The molecular formula is C21H28N2O3. The summed E-state index contributed by atoms with van der Waals surface area (Å²) in [4.78, 5) is 24.0. The van der Waals surface area contributed by atoms with Gasteiger partial charge >= 0.3 is 12.0 Å². The molecule has 0 heterocycles. The van der Waals surface area contributed by atoms with Crippen LogP contribution in [0.3, 0.4) is 0 Å². The summed E-state index contributed by atoms with van der Waals surface area (Å²) in [6.45, 7) is 2.91. The van der Waals surface area contributed by atoms with Crippen molar-refractivity contribution in [1.82, 2.24) is 5.32 Å². The highest BCUT2D eigenvalue weighted by Crippen LogP contribution is 2.59. The molecule has 4 aliphatic carbocycles. The number of urea groups is 1. The van der Waals surface area contributed by atoms with Gasteiger partial charge in [0.15, 0.2) is 0 Å². The minimum atomic E-state index is -0.342. The van der Waals surface area contributed by atoms with Gasteiger partial charge < -0.3 is 15.4 Å². The average Bonchev–Trinajstić information content (AvgIpc) is 2.60. The van der Waals surface area contributed by atoms with E-state index in [-0.39, 0.29) is 12.0 Å². The highest BCUT2D eigenvalue weighted by molar-refractivity contribution is 5.92. The Hall–Kier alpha value is -2.04. The van der Waals surface area contributed by atoms with E-state index in [1.54, 1.807) is 31.2 Å². The van der Waals surface area contributed by atoms with Gasteiger partial charge in [0.25, 0.3) is 0 Å². The van der Waals surface area contributed by atoms with Crippen LogP contribution in [0, 0.1) is 23.2 Å². The number of ether oxygens (including phenoxy) is 1. The fourth-order valence-electron chi connectivity index (χ4n) is 5.85. The molecule has 4 fully saturated rings. The predicted octanol–water partition coefficient (Wildman–Crippen LogP) is 4.20. The molecule has 26 heavy (non-hydrogen) atoms. The smallest absolute Gasteiger partial charge is 0.338 e. The molecule has 0 radical (unpaired) electrons. The van der Waals surface area contributed by atoms with Crippen molar-refractivity contribution in [2.75, 3.05) is 18.5 Å². The van der Waals surface area contributed by atoms with Crippen molar-refractivity contribution in [2.45, 2.75) is 45.4 Å². The molecule has 4 saturated carbocycles. The molecule has 2 amide bonds. The number of rotatable bonds is 5. The molecule has 0 atom stereocenters. The molecule has 0 saturated heterocycles. The third-order valence-corrected chi connectivity index (χ3v) is 6.44. The lowest BCUT2D eigenvalue weighted by atomic mass is 9.49. The quantitative estimate of drug-likeness (QED) is 0.777. The van der Waals surface area contributed by atoms with Gasteiger partial charge in [-0.15, -0.1) is 0 Å². The van der Waals surface area contributed by atoms with Crippen molar-refractivity contribution < 1.29 is 14.3 Å². The zero-order chi connectivity index (χ0) is 18.1. The third-order valence-electron chi connectivity index (χ3n) is 6.44. The first-order valence-corrected chi connectivity index (χ1v) is 9.87. The molecule has 1 aromatic rings. The summed E-state index contributed by atoms with van der Waals surface area (Å²) in [5.74, 6) is 2.33. The molecule has 5 heteroatoms. The summed E-state index contributed by atoms with van der Waals surface area (Å²) in [6, 6.07) is 6.65. The van der Waals surface area contributed by atoms with E-state index in [0.29, 0.717) is 23.3 Å². The summed E-state index contributed by atoms with van der Waals surface area (Å²) in [7, 11) is 0. The number of hydrogen-bond donors (Lipinski definition) is 2. The van der Waals surface area contributed by atoms with Crippen LogP contribution in [-0.4, -0.2) is 25.2 Å². The highest BCUT2D eigenvalue weighted by atomic mass is 16.5. The fraction of sp³-hybridized carbons (Fsp3) is 0.619. The summed E-state index contributed by atoms with van der Waals surface area (Å²) >= 11 is 0. The second kappa shape index (κ2) is 6.93. The van der Waals surface area contributed by atoms with Crippen molar-refractivity contribution in [3.63, 3.8) is 0 Å². The van der Waals surface area contributed by atoms with Crippen LogP contribution in [0.1, 0.15) is 55.8 Å². The summed E-state index contributed by atoms with van der Waals surface area (Å²) in [5, 5.41) is 5.97. The summed E-state index contributed by atoms with van der Waals surface area (Å²) < 4.78 is 4.97. The second-order valence-electron chi connectivity index (χ2n) is 8.52. The number of amides is 2. The number of nitrogens with one attached hydrogen (secondary N) is 2. The Morgan fingerprint density at radius 3 is 2.15 bits per heavy atom. The maximum absolute atomic E-state index is 12.3. The van der Waals surface area contributed by atoms with E-state index in [1.807, 2.05) is 0 Å². The molecule has 4 aliphatic rings. The van der Waals surface area contributed by atoms with E-state index in [9.17, 15) is 9.59 Å². The summed E-state index contributed by atoms with van der Waals surface area (Å²) in [5.41, 5.74) is 1.51. The van der Waals surface area contributed by atoms with Crippen LogP contribution >= 0.6 is 0 Å². The molecule has 140 valence electrons. The number of hydrogen-bond acceptors (Lipinski definition) is 3. The van der Waals surface area contributed by atoms with Crippen LogP contribution in [0.25, 0.3) is 0 Å². The Morgan fingerprint density at radius 1 is 1.04 bits per heavy atom. The first kappa shape index (κ1) is 17.4. The first-order chi connectivity index (χ1) is 12.5. The Balaban J connectivity index is 1.30. The van der Waals surface area contributed by atoms with Gasteiger partial charge in [0.05, 0.1) is 12.2 Å². The van der Waals surface area contributed by atoms with Crippen molar-refractivity contribution in [3.05, 3.63) is 29.8 Å². The monoisotopic (exact) mass is 356 g/mol. The number of esters is 1. The Labute approximate surface area is 154 Å². The van der Waals surface area contributed by atoms with E-state index in [4.69, 9.17) is 4.74 Å². The van der Waals surface area contributed by atoms with Gasteiger partial charge in [-0.05, 0) is 92.9 Å². The van der Waals surface area contributed by atoms with Crippen LogP contribution < -0.4 is 10.6 Å². The number of carbonyl (C=O) groups is 2. The maximum Gasteiger partial charge on any atom is 0.338 e. The molecule has 4 bridgehead atoms. The lowest BCUT2D eigenvalue weighted by molar-refractivity contribution is -0.0496. The van der Waals surface area contributed by atoms with Gasteiger partial charge in [-0.25, -0.2) is 9.59 Å². The van der Waals surface area contributed by atoms with E-state index in [2.05, 4.69) is 10.6 Å². The standard InChI is InChI=1S/C21H28N2O3/c1-2-26-19(24)17-3-5-18(6-4-17)23-20(25)22-13-21-10-14-7-15(11-21)9-16(8-14)12-21/h3-6,14-16H,2,7-13H2,1H3,(H2,22,23,25). The molecule has 0 aromatic heterocycles. The van der Waals surface area contributed by atoms with Gasteiger partial charge in [0, 0.05) is 12.2 Å². The van der Waals surface area contributed by atoms with Gasteiger partial charge in [-0.2, -0.15) is 0 Å². The Morgan fingerprint density at radius 2 is 1.62 bits per heavy atom. The predicted molar refractivity (Wildman–Crippen MR) is 100 cm³/mol. The highest BCUT2D eigenvalue weighted by Gasteiger charge is 2.50. The SMILES string of the molecule is CCOC(=O)c1ccc(NC(=O)NCC23CC4CC(CC(C4)C2)C3)cc1. The Bertz CT molecular complexity index is 648. The number of benzene rings is 1. The fourth-order valence-corrected chi connectivity index (χ4v) is 5.85. The molecule has 1 aromatic carbocycles. The largest absolute Gasteiger partial charge is 0.462 e. The average molecular weight is 356 g/mol. The summed E-state index contributed by atoms with van der Waals surface area (Å²) in [6.07, 6.45) is 8.10. The minimum absolute atomic E-state index is 0.162. The van der Waals surface area contributed by atoms with Crippen LogP contribution in [0.5, 0.6) is 0 Å². The second-order valence-corrected chi connectivity index (χ2v) is 8.52. The van der Waals surface area contributed by atoms with Crippen LogP contribution in [0.15, 0.2) is 24.3 Å². The lowest BCUT2D eigenvalue weighted by Gasteiger charge is -2.56. The van der Waals surface area contributed by atoms with E-state index < -0.39 is 0 Å². The first-order valence-electron chi connectivity index (χ1n) is 9.87. The number of anilines is 1.